The zero-order chi connectivity index (χ0) is 31.7. The van der Waals surface area contributed by atoms with Crippen molar-refractivity contribution in [2.24, 2.45) is 0 Å². The first-order valence-corrected chi connectivity index (χ1v) is 16.4. The summed E-state index contributed by atoms with van der Waals surface area (Å²) in [6, 6.07) is 13.7. The Hall–Kier alpha value is -3.87. The van der Waals surface area contributed by atoms with Crippen molar-refractivity contribution in [1.82, 2.24) is 0 Å². The number of hydrogen-bond donors (Lipinski definition) is 4. The standard InChI is InChI=1S/C37H49NO6/c1-2-3-4-5-6-7-8-9-10-11-12-13-14-15-16-21-33(38-30-25-28(36(41)42)24-29(26-30)37(43)44)35(40)32-23-22-27-19-17-18-20-31(27)34(32)39/h17-20,22-26,33,38-39H,2-16,21H2,1H3,(H,41,42)(H,43,44). The van der Waals surface area contributed by atoms with E-state index in [0.29, 0.717) is 11.8 Å². The molecule has 1 unspecified atom stereocenters. The zero-order valence-electron chi connectivity index (χ0n) is 26.2. The molecular weight excluding hydrogens is 554 g/mol. The van der Waals surface area contributed by atoms with Crippen LogP contribution in [-0.2, 0) is 0 Å². The number of benzene rings is 3. The van der Waals surface area contributed by atoms with Crippen molar-refractivity contribution in [3.8, 4) is 5.75 Å². The molecule has 0 aliphatic heterocycles. The summed E-state index contributed by atoms with van der Waals surface area (Å²) >= 11 is 0. The average molecular weight is 604 g/mol. The highest BCUT2D eigenvalue weighted by Crippen LogP contribution is 2.31. The van der Waals surface area contributed by atoms with Crippen molar-refractivity contribution in [1.29, 1.82) is 0 Å². The van der Waals surface area contributed by atoms with Gasteiger partial charge in [-0.1, -0.05) is 134 Å². The fourth-order valence-corrected chi connectivity index (χ4v) is 5.79. The topological polar surface area (TPSA) is 124 Å². The van der Waals surface area contributed by atoms with Crippen LogP contribution in [0.1, 0.15) is 141 Å². The molecule has 0 aliphatic carbocycles. The molecule has 7 heteroatoms. The summed E-state index contributed by atoms with van der Waals surface area (Å²) in [5, 5.41) is 34.5. The van der Waals surface area contributed by atoms with Gasteiger partial charge >= 0.3 is 11.9 Å². The number of nitrogens with one attached hydrogen (secondary N) is 1. The summed E-state index contributed by atoms with van der Waals surface area (Å²) in [5.41, 5.74) is 0.0511. The van der Waals surface area contributed by atoms with Crippen LogP contribution in [0, 0.1) is 0 Å². The van der Waals surface area contributed by atoms with Gasteiger partial charge in [0.2, 0.25) is 0 Å². The van der Waals surface area contributed by atoms with E-state index in [1.54, 1.807) is 24.3 Å². The predicted molar refractivity (Wildman–Crippen MR) is 177 cm³/mol. The molecule has 0 saturated heterocycles. The number of aromatic carboxylic acids is 2. The van der Waals surface area contributed by atoms with Crippen LogP contribution < -0.4 is 5.32 Å². The van der Waals surface area contributed by atoms with Crippen molar-refractivity contribution in [2.75, 3.05) is 5.32 Å². The van der Waals surface area contributed by atoms with Crippen molar-refractivity contribution in [3.63, 3.8) is 0 Å². The first kappa shape index (κ1) is 34.6. The van der Waals surface area contributed by atoms with E-state index in [0.717, 1.165) is 37.1 Å². The van der Waals surface area contributed by atoms with Crippen LogP contribution in [0.2, 0.25) is 0 Å². The molecule has 0 fully saturated rings. The molecule has 3 aromatic rings. The van der Waals surface area contributed by atoms with E-state index in [9.17, 15) is 29.7 Å². The van der Waals surface area contributed by atoms with E-state index in [1.807, 2.05) is 12.1 Å². The number of fused-ring (bicyclic) bond motifs is 1. The molecule has 3 rings (SSSR count). The zero-order valence-corrected chi connectivity index (χ0v) is 26.2. The van der Waals surface area contributed by atoms with Gasteiger partial charge in [0, 0.05) is 11.1 Å². The third-order valence-corrected chi connectivity index (χ3v) is 8.35. The lowest BCUT2D eigenvalue weighted by atomic mass is 9.95. The lowest BCUT2D eigenvalue weighted by Crippen LogP contribution is -2.30. The molecule has 0 bridgehead atoms. The molecular formula is C37H49NO6. The smallest absolute Gasteiger partial charge is 0.335 e. The Morgan fingerprint density at radius 2 is 1.16 bits per heavy atom. The Balaban J connectivity index is 1.56. The van der Waals surface area contributed by atoms with E-state index in [1.165, 1.54) is 82.8 Å². The first-order valence-electron chi connectivity index (χ1n) is 16.4. The minimum Gasteiger partial charge on any atom is -0.507 e. The molecule has 1 atom stereocenters. The number of phenolic OH excluding ortho intramolecular Hbond substituents is 1. The van der Waals surface area contributed by atoms with Gasteiger partial charge in [-0.25, -0.2) is 9.59 Å². The number of hydrogen-bond acceptors (Lipinski definition) is 5. The van der Waals surface area contributed by atoms with Crippen LogP contribution in [0.5, 0.6) is 5.75 Å². The number of carbonyl (C=O) groups is 3. The third kappa shape index (κ3) is 11.0. The van der Waals surface area contributed by atoms with Crippen LogP contribution in [-0.4, -0.2) is 39.1 Å². The van der Waals surface area contributed by atoms with E-state index in [2.05, 4.69) is 12.2 Å². The maximum atomic E-state index is 13.8. The molecule has 0 spiro atoms. The van der Waals surface area contributed by atoms with Gasteiger partial charge < -0.3 is 20.6 Å². The number of anilines is 1. The molecule has 0 aliphatic rings. The number of carboxylic acids is 2. The Labute approximate surface area is 261 Å². The molecule has 44 heavy (non-hydrogen) atoms. The molecule has 0 amide bonds. The molecule has 3 aromatic carbocycles. The summed E-state index contributed by atoms with van der Waals surface area (Å²) in [4.78, 5) is 37.1. The summed E-state index contributed by atoms with van der Waals surface area (Å²) in [5.74, 6) is -2.93. The van der Waals surface area contributed by atoms with Crippen LogP contribution in [0.25, 0.3) is 10.8 Å². The van der Waals surface area contributed by atoms with Gasteiger partial charge in [-0.05, 0) is 36.1 Å². The number of Topliss-reactive ketones (excluding diaryl/α,β-unsaturated/α-hetero) is 1. The Kier molecular flexibility index (Phi) is 14.7. The monoisotopic (exact) mass is 603 g/mol. The van der Waals surface area contributed by atoms with Crippen molar-refractivity contribution in [2.45, 2.75) is 116 Å². The number of carbonyl (C=O) groups excluding carboxylic acids is 1. The van der Waals surface area contributed by atoms with Crippen LogP contribution in [0.3, 0.4) is 0 Å². The number of carboxylic acid groups (broad SMARTS) is 2. The van der Waals surface area contributed by atoms with Gasteiger partial charge in [0.15, 0.2) is 5.78 Å². The Morgan fingerprint density at radius 3 is 1.68 bits per heavy atom. The van der Waals surface area contributed by atoms with E-state index < -0.39 is 18.0 Å². The van der Waals surface area contributed by atoms with E-state index in [-0.39, 0.29) is 33.9 Å². The number of unbranched alkanes of at least 4 members (excludes halogenated alkanes) is 14. The van der Waals surface area contributed by atoms with Gasteiger partial charge in [0.25, 0.3) is 0 Å². The Morgan fingerprint density at radius 1 is 0.659 bits per heavy atom. The third-order valence-electron chi connectivity index (χ3n) is 8.35. The van der Waals surface area contributed by atoms with Crippen molar-refractivity contribution >= 4 is 34.2 Å². The average Bonchev–Trinajstić information content (AvgIpc) is 3.02. The molecule has 7 nitrogen and oxygen atoms in total. The van der Waals surface area contributed by atoms with Crippen molar-refractivity contribution in [3.05, 3.63) is 71.3 Å². The van der Waals surface area contributed by atoms with Gasteiger partial charge in [0.05, 0.1) is 22.7 Å². The fraction of sp³-hybridized carbons (Fsp3) is 0.486. The fourth-order valence-electron chi connectivity index (χ4n) is 5.79. The Bertz CT molecular complexity index is 1340. The molecule has 0 saturated carbocycles. The lowest BCUT2D eigenvalue weighted by Gasteiger charge is -2.21. The minimum atomic E-state index is -1.26. The van der Waals surface area contributed by atoms with Gasteiger partial charge in [-0.3, -0.25) is 4.79 Å². The highest BCUT2D eigenvalue weighted by atomic mass is 16.4. The summed E-state index contributed by atoms with van der Waals surface area (Å²) in [7, 11) is 0. The first-order chi connectivity index (χ1) is 21.3. The van der Waals surface area contributed by atoms with Crippen LogP contribution >= 0.6 is 0 Å². The molecule has 0 heterocycles. The summed E-state index contributed by atoms with van der Waals surface area (Å²) in [6.45, 7) is 2.25. The lowest BCUT2D eigenvalue weighted by molar-refractivity contribution is 0.0696. The normalized spacial score (nSPS) is 11.8. The summed E-state index contributed by atoms with van der Waals surface area (Å²) in [6.07, 6.45) is 18.9. The van der Waals surface area contributed by atoms with Crippen LogP contribution in [0.15, 0.2) is 54.6 Å². The van der Waals surface area contributed by atoms with E-state index >= 15 is 0 Å². The molecule has 238 valence electrons. The van der Waals surface area contributed by atoms with Gasteiger partial charge in [0.1, 0.15) is 5.75 Å². The predicted octanol–water partition coefficient (Wildman–Crippen LogP) is 9.87. The number of ketones is 1. The van der Waals surface area contributed by atoms with E-state index in [4.69, 9.17) is 0 Å². The second-order valence-corrected chi connectivity index (χ2v) is 11.9. The van der Waals surface area contributed by atoms with Crippen LogP contribution in [0.4, 0.5) is 5.69 Å². The quantitative estimate of drug-likeness (QED) is 0.0665. The maximum absolute atomic E-state index is 13.8. The van der Waals surface area contributed by atoms with Crippen molar-refractivity contribution < 1.29 is 29.7 Å². The number of phenols is 1. The number of rotatable bonds is 22. The minimum absolute atomic E-state index is 0.0955. The van der Waals surface area contributed by atoms with Gasteiger partial charge in [-0.15, -0.1) is 0 Å². The second kappa shape index (κ2) is 18.7. The highest BCUT2D eigenvalue weighted by molar-refractivity contribution is 6.08. The maximum Gasteiger partial charge on any atom is 0.335 e. The highest BCUT2D eigenvalue weighted by Gasteiger charge is 2.24. The summed E-state index contributed by atoms with van der Waals surface area (Å²) < 4.78 is 0. The second-order valence-electron chi connectivity index (χ2n) is 11.9. The SMILES string of the molecule is CCCCCCCCCCCCCCCCCC(Nc1cc(C(=O)O)cc(C(=O)O)c1)C(=O)c1ccc2ccccc2c1O. The molecule has 0 aromatic heterocycles. The molecule has 4 N–H and O–H groups in total. The molecule has 0 radical (unpaired) electrons. The largest absolute Gasteiger partial charge is 0.507 e. The van der Waals surface area contributed by atoms with Gasteiger partial charge in [-0.2, -0.15) is 0 Å². The number of aromatic hydroxyl groups is 1.